The van der Waals surface area contributed by atoms with Gasteiger partial charge in [0, 0.05) is 31.1 Å². The molecule has 21 heavy (non-hydrogen) atoms. The Hall–Kier alpha value is -2.61. The highest BCUT2D eigenvalue weighted by atomic mass is 16.6. The number of carbonyl (C=O) groups excluding carboxylic acids is 1. The van der Waals surface area contributed by atoms with Crippen LogP contribution in [0.2, 0.25) is 0 Å². The number of amides is 1. The molecule has 0 spiro atoms. The number of carbonyl (C=O) groups is 1. The summed E-state index contributed by atoms with van der Waals surface area (Å²) in [6.45, 7) is 0.947. The zero-order valence-corrected chi connectivity index (χ0v) is 11.3. The molecule has 8 heteroatoms. The van der Waals surface area contributed by atoms with Crippen LogP contribution in [0.1, 0.15) is 0 Å². The molecule has 1 atom stereocenters. The van der Waals surface area contributed by atoms with E-state index < -0.39 is 6.09 Å². The molecule has 0 aromatic carbocycles. The molecule has 2 aromatic heterocycles. The summed E-state index contributed by atoms with van der Waals surface area (Å²) in [5.41, 5.74) is 5.38. The molecule has 0 bridgehead atoms. The molecule has 0 saturated carbocycles. The maximum Gasteiger partial charge on any atom is 0.416 e. The highest BCUT2D eigenvalue weighted by Crippen LogP contribution is 2.18. The number of hydrogen-bond donors (Lipinski definition) is 1. The lowest BCUT2D eigenvalue weighted by molar-refractivity contribution is 0.145. The fourth-order valence-electron chi connectivity index (χ4n) is 2.14. The van der Waals surface area contributed by atoms with Gasteiger partial charge in [0.1, 0.15) is 12.8 Å². The molecular weight excluding hydrogens is 274 g/mol. The number of ether oxygens (including phenoxy) is 1. The van der Waals surface area contributed by atoms with E-state index in [-0.39, 0.29) is 24.9 Å². The summed E-state index contributed by atoms with van der Waals surface area (Å²) in [5.74, 6) is 0.486. The van der Waals surface area contributed by atoms with Crippen molar-refractivity contribution in [3.63, 3.8) is 0 Å². The van der Waals surface area contributed by atoms with E-state index in [1.165, 1.54) is 15.5 Å². The summed E-state index contributed by atoms with van der Waals surface area (Å²) < 4.78 is 8.18. The Morgan fingerprint density at radius 2 is 2.14 bits per heavy atom. The molecule has 1 saturated heterocycles. The zero-order chi connectivity index (χ0) is 14.8. The van der Waals surface area contributed by atoms with E-state index in [1.807, 2.05) is 0 Å². The Balaban J connectivity index is 1.77. The quantitative estimate of drug-likeness (QED) is 0.843. The van der Waals surface area contributed by atoms with Crippen LogP contribution < -0.4 is 16.2 Å². The van der Waals surface area contributed by atoms with Crippen molar-refractivity contribution in [2.75, 3.05) is 18.0 Å². The molecule has 3 heterocycles. The average Bonchev–Trinajstić information content (AvgIpc) is 3.07. The predicted octanol–water partition coefficient (Wildman–Crippen LogP) is -0.166. The number of anilines is 1. The Kier molecular flexibility index (Phi) is 3.44. The summed E-state index contributed by atoms with van der Waals surface area (Å²) >= 11 is 0. The fourth-order valence-corrected chi connectivity index (χ4v) is 2.14. The lowest BCUT2D eigenvalue weighted by atomic mass is 10.3. The van der Waals surface area contributed by atoms with Crippen molar-refractivity contribution in [3.05, 3.63) is 47.0 Å². The van der Waals surface area contributed by atoms with Gasteiger partial charge in [0.2, 0.25) is 0 Å². The molecule has 0 aliphatic carbocycles. The van der Waals surface area contributed by atoms with E-state index in [0.29, 0.717) is 12.4 Å². The number of aromatic nitrogens is 3. The number of hydrogen-bond acceptors (Lipinski definition) is 5. The Labute approximate surface area is 120 Å². The van der Waals surface area contributed by atoms with Crippen molar-refractivity contribution in [1.29, 1.82) is 0 Å². The molecular formula is C13H15N5O3. The smallest absolute Gasteiger partial charge is 0.416 e. The molecule has 1 aliphatic rings. The number of nitrogens with two attached hydrogens (primary N) is 1. The maximum absolute atomic E-state index is 11.7. The highest BCUT2D eigenvalue weighted by molar-refractivity contribution is 5.88. The molecule has 0 unspecified atom stereocenters. The van der Waals surface area contributed by atoms with Crippen molar-refractivity contribution in [3.8, 4) is 0 Å². The topological polar surface area (TPSA) is 95.4 Å². The minimum atomic E-state index is -0.451. The van der Waals surface area contributed by atoms with Gasteiger partial charge < -0.3 is 10.5 Å². The maximum atomic E-state index is 11.7. The van der Waals surface area contributed by atoms with Gasteiger partial charge in [-0.2, -0.15) is 5.10 Å². The van der Waals surface area contributed by atoms with Crippen LogP contribution in [-0.2, 0) is 11.4 Å². The van der Waals surface area contributed by atoms with Crippen LogP contribution in [0.5, 0.6) is 0 Å². The Morgan fingerprint density at radius 1 is 1.29 bits per heavy atom. The summed E-state index contributed by atoms with van der Waals surface area (Å²) in [5, 5.41) is 4.29. The van der Waals surface area contributed by atoms with Crippen LogP contribution in [0.25, 0.3) is 0 Å². The molecule has 1 amide bonds. The van der Waals surface area contributed by atoms with E-state index in [2.05, 4.69) is 5.10 Å². The second-order valence-electron chi connectivity index (χ2n) is 4.72. The number of rotatable bonds is 4. The SMILES string of the molecule is NC[C@H]1CN(c2ccn(Cn3ccccc3=O)n2)C(=O)O1. The van der Waals surface area contributed by atoms with Gasteiger partial charge in [-0.3, -0.25) is 18.9 Å². The van der Waals surface area contributed by atoms with Gasteiger partial charge >= 0.3 is 6.09 Å². The van der Waals surface area contributed by atoms with E-state index in [1.54, 1.807) is 35.3 Å². The minimum absolute atomic E-state index is 0.113. The Morgan fingerprint density at radius 3 is 2.86 bits per heavy atom. The third-order valence-corrected chi connectivity index (χ3v) is 3.24. The standard InChI is InChI=1S/C13H15N5O3/c14-7-10-8-18(13(20)21-10)11-4-6-17(15-11)9-16-5-2-1-3-12(16)19/h1-6,10H,7-9,14H2/t10-/m0/s1. The molecule has 8 nitrogen and oxygen atoms in total. The van der Waals surface area contributed by atoms with Gasteiger partial charge in [-0.1, -0.05) is 6.07 Å². The van der Waals surface area contributed by atoms with Gasteiger partial charge in [-0.15, -0.1) is 0 Å². The van der Waals surface area contributed by atoms with Crippen LogP contribution in [0.4, 0.5) is 10.6 Å². The third-order valence-electron chi connectivity index (χ3n) is 3.24. The van der Waals surface area contributed by atoms with E-state index >= 15 is 0 Å². The van der Waals surface area contributed by atoms with Crippen molar-refractivity contribution in [2.45, 2.75) is 12.8 Å². The van der Waals surface area contributed by atoms with Gasteiger partial charge in [-0.25, -0.2) is 4.79 Å². The first kappa shape index (κ1) is 13.4. The molecule has 2 aromatic rings. The van der Waals surface area contributed by atoms with Gasteiger partial charge in [0.25, 0.3) is 5.56 Å². The largest absolute Gasteiger partial charge is 0.443 e. The fraction of sp³-hybridized carbons (Fsp3) is 0.308. The second-order valence-corrected chi connectivity index (χ2v) is 4.72. The second kappa shape index (κ2) is 5.41. The van der Waals surface area contributed by atoms with Crippen LogP contribution in [0.15, 0.2) is 41.5 Å². The van der Waals surface area contributed by atoms with Gasteiger partial charge in [0.15, 0.2) is 5.82 Å². The molecule has 1 fully saturated rings. The van der Waals surface area contributed by atoms with Gasteiger partial charge in [-0.05, 0) is 6.07 Å². The van der Waals surface area contributed by atoms with Gasteiger partial charge in [0.05, 0.1) is 6.54 Å². The van der Waals surface area contributed by atoms with Crippen molar-refractivity contribution >= 4 is 11.9 Å². The number of nitrogens with zero attached hydrogens (tertiary/aromatic N) is 4. The molecule has 2 N–H and O–H groups in total. The first-order valence-electron chi connectivity index (χ1n) is 6.54. The molecule has 3 rings (SSSR count). The number of cyclic esters (lactones) is 1. The van der Waals surface area contributed by atoms with Crippen LogP contribution in [0.3, 0.4) is 0 Å². The summed E-state index contributed by atoms with van der Waals surface area (Å²) in [6.07, 6.45) is 2.63. The Bertz CT molecular complexity index is 708. The molecule has 1 aliphatic heterocycles. The van der Waals surface area contributed by atoms with Crippen molar-refractivity contribution in [2.24, 2.45) is 5.73 Å². The lowest BCUT2D eigenvalue weighted by Gasteiger charge is -2.09. The van der Waals surface area contributed by atoms with Crippen molar-refractivity contribution in [1.82, 2.24) is 14.3 Å². The summed E-state index contributed by atoms with van der Waals surface area (Å²) in [4.78, 5) is 24.8. The molecule has 110 valence electrons. The minimum Gasteiger partial charge on any atom is -0.443 e. The van der Waals surface area contributed by atoms with E-state index in [4.69, 9.17) is 10.5 Å². The van der Waals surface area contributed by atoms with E-state index in [0.717, 1.165) is 0 Å². The molecule has 0 radical (unpaired) electrons. The van der Waals surface area contributed by atoms with Crippen LogP contribution in [0, 0.1) is 0 Å². The van der Waals surface area contributed by atoms with Crippen LogP contribution in [-0.4, -0.2) is 39.6 Å². The summed E-state index contributed by atoms with van der Waals surface area (Å²) in [7, 11) is 0. The highest BCUT2D eigenvalue weighted by Gasteiger charge is 2.32. The average molecular weight is 289 g/mol. The zero-order valence-electron chi connectivity index (χ0n) is 11.3. The first-order chi connectivity index (χ1) is 10.2. The summed E-state index contributed by atoms with van der Waals surface area (Å²) in [6, 6.07) is 6.64. The lowest BCUT2D eigenvalue weighted by Crippen LogP contribution is -2.28. The predicted molar refractivity (Wildman–Crippen MR) is 75.0 cm³/mol. The van der Waals surface area contributed by atoms with Crippen LogP contribution >= 0.6 is 0 Å². The normalized spacial score (nSPS) is 18.0. The van der Waals surface area contributed by atoms with Crippen molar-refractivity contribution < 1.29 is 9.53 Å². The monoisotopic (exact) mass is 289 g/mol. The number of pyridine rings is 1. The third kappa shape index (κ3) is 2.65. The first-order valence-corrected chi connectivity index (χ1v) is 6.54. The van der Waals surface area contributed by atoms with E-state index in [9.17, 15) is 9.59 Å².